The van der Waals surface area contributed by atoms with E-state index in [9.17, 15) is 8.78 Å². The molecule has 2 N–H and O–H groups in total. The summed E-state index contributed by atoms with van der Waals surface area (Å²) < 4.78 is 30.8. The van der Waals surface area contributed by atoms with E-state index in [0.717, 1.165) is 18.7 Å². The van der Waals surface area contributed by atoms with E-state index in [1.54, 1.807) is 12.1 Å². The van der Waals surface area contributed by atoms with Crippen LogP contribution in [-0.4, -0.2) is 42.0 Å². The molecule has 1 aromatic carbocycles. The third-order valence-electron chi connectivity index (χ3n) is 4.89. The first-order chi connectivity index (χ1) is 11.3. The SMILES string of the molecule is CC1(C)CN(c2ccc(OC(F)(F)CO)cc2)[C@H]2CCCC[C@@H]2N1. The van der Waals surface area contributed by atoms with Crippen LogP contribution in [0.15, 0.2) is 24.3 Å². The van der Waals surface area contributed by atoms with Gasteiger partial charge < -0.3 is 20.1 Å². The van der Waals surface area contributed by atoms with Gasteiger partial charge in [-0.2, -0.15) is 8.78 Å². The van der Waals surface area contributed by atoms with Crippen molar-refractivity contribution in [2.75, 3.05) is 18.1 Å². The number of rotatable bonds is 4. The van der Waals surface area contributed by atoms with E-state index in [1.807, 2.05) is 12.1 Å². The van der Waals surface area contributed by atoms with Crippen molar-refractivity contribution in [2.24, 2.45) is 0 Å². The number of aliphatic hydroxyl groups excluding tert-OH is 1. The second-order valence-electron chi connectivity index (χ2n) is 7.51. The molecule has 6 heteroatoms. The minimum absolute atomic E-state index is 0.0115. The number of hydrogen-bond donors (Lipinski definition) is 2. The smallest absolute Gasteiger partial charge is 0.421 e. The summed E-state index contributed by atoms with van der Waals surface area (Å²) in [5.41, 5.74) is 1.04. The maximum Gasteiger partial charge on any atom is 0.421 e. The Balaban J connectivity index is 1.79. The first-order valence-corrected chi connectivity index (χ1v) is 8.62. The first kappa shape index (κ1) is 17.4. The summed E-state index contributed by atoms with van der Waals surface area (Å²) in [6, 6.07) is 7.66. The number of halogens is 2. The van der Waals surface area contributed by atoms with Crippen LogP contribution in [0, 0.1) is 0 Å². The van der Waals surface area contributed by atoms with Crippen molar-refractivity contribution >= 4 is 5.69 Å². The second-order valence-corrected chi connectivity index (χ2v) is 7.51. The molecule has 2 atom stereocenters. The highest BCUT2D eigenvalue weighted by Crippen LogP contribution is 2.34. The molecule has 0 unspecified atom stereocenters. The Morgan fingerprint density at radius 3 is 2.58 bits per heavy atom. The van der Waals surface area contributed by atoms with Crippen LogP contribution in [0.3, 0.4) is 0 Å². The highest BCUT2D eigenvalue weighted by molar-refractivity contribution is 5.51. The van der Waals surface area contributed by atoms with E-state index in [1.165, 1.54) is 19.3 Å². The van der Waals surface area contributed by atoms with E-state index >= 15 is 0 Å². The standard InChI is InChI=1S/C18H26F2N2O2/c1-17(2)11-22(16-6-4-3-5-15(16)21-17)13-7-9-14(10-8-13)24-18(19,20)12-23/h7-10,15-16,21,23H,3-6,11-12H2,1-2H3/t15-,16-/m0/s1. The molecule has 1 aliphatic heterocycles. The minimum Gasteiger partial charge on any atom is -0.431 e. The zero-order valence-electron chi connectivity index (χ0n) is 14.3. The normalized spacial score (nSPS) is 26.8. The quantitative estimate of drug-likeness (QED) is 0.884. The number of nitrogens with one attached hydrogen (secondary N) is 1. The summed E-state index contributed by atoms with van der Waals surface area (Å²) >= 11 is 0. The lowest BCUT2D eigenvalue weighted by Gasteiger charge is -2.52. The average Bonchev–Trinajstić information content (AvgIpc) is 2.54. The van der Waals surface area contributed by atoms with E-state index in [0.29, 0.717) is 12.1 Å². The molecule has 0 aromatic heterocycles. The predicted molar refractivity (Wildman–Crippen MR) is 89.7 cm³/mol. The molecule has 1 saturated heterocycles. The monoisotopic (exact) mass is 340 g/mol. The van der Waals surface area contributed by atoms with Crippen LogP contribution in [0.25, 0.3) is 0 Å². The van der Waals surface area contributed by atoms with Crippen molar-refractivity contribution in [2.45, 2.75) is 63.3 Å². The Labute approximate surface area is 141 Å². The number of fused-ring (bicyclic) bond motifs is 1. The van der Waals surface area contributed by atoms with Crippen molar-refractivity contribution in [1.82, 2.24) is 5.32 Å². The van der Waals surface area contributed by atoms with Gasteiger partial charge in [0.05, 0.1) is 0 Å². The second kappa shape index (κ2) is 6.48. The summed E-state index contributed by atoms with van der Waals surface area (Å²) in [5.74, 6) is 0.0624. The molecule has 1 aromatic rings. The van der Waals surface area contributed by atoms with Crippen molar-refractivity contribution in [3.8, 4) is 5.75 Å². The molecule has 24 heavy (non-hydrogen) atoms. The van der Waals surface area contributed by atoms with Crippen LogP contribution < -0.4 is 15.0 Å². The van der Waals surface area contributed by atoms with E-state index in [2.05, 4.69) is 28.8 Å². The molecule has 2 fully saturated rings. The number of alkyl halides is 2. The fraction of sp³-hybridized carbons (Fsp3) is 0.667. The van der Waals surface area contributed by atoms with Gasteiger partial charge in [-0.3, -0.25) is 0 Å². The minimum atomic E-state index is -3.55. The number of piperazine rings is 1. The number of aliphatic hydroxyl groups is 1. The number of anilines is 1. The zero-order chi connectivity index (χ0) is 17.4. The Kier molecular flexibility index (Phi) is 4.71. The molecule has 1 heterocycles. The van der Waals surface area contributed by atoms with E-state index in [4.69, 9.17) is 5.11 Å². The summed E-state index contributed by atoms with van der Waals surface area (Å²) in [5, 5.41) is 12.4. The zero-order valence-corrected chi connectivity index (χ0v) is 14.3. The predicted octanol–water partition coefficient (Wildman–Crippen LogP) is 3.15. The summed E-state index contributed by atoms with van der Waals surface area (Å²) in [6.07, 6.45) is 1.25. The van der Waals surface area contributed by atoms with Gasteiger partial charge in [-0.05, 0) is 51.0 Å². The highest BCUT2D eigenvalue weighted by atomic mass is 19.3. The molecule has 0 amide bonds. The van der Waals surface area contributed by atoms with Gasteiger partial charge in [0, 0.05) is 29.9 Å². The maximum absolute atomic E-state index is 13.1. The molecular formula is C18H26F2N2O2. The van der Waals surface area contributed by atoms with Gasteiger partial charge >= 0.3 is 6.11 Å². The third kappa shape index (κ3) is 3.81. The lowest BCUT2D eigenvalue weighted by atomic mass is 9.83. The van der Waals surface area contributed by atoms with Crippen LogP contribution in [0.1, 0.15) is 39.5 Å². The van der Waals surface area contributed by atoms with Crippen LogP contribution in [0.5, 0.6) is 5.75 Å². The Bertz CT molecular complexity index is 563. The molecule has 0 spiro atoms. The number of hydrogen-bond acceptors (Lipinski definition) is 4. The van der Waals surface area contributed by atoms with Crippen molar-refractivity contribution in [3.05, 3.63) is 24.3 Å². The largest absolute Gasteiger partial charge is 0.431 e. The van der Waals surface area contributed by atoms with Crippen LogP contribution in [0.4, 0.5) is 14.5 Å². The maximum atomic E-state index is 13.1. The summed E-state index contributed by atoms with van der Waals surface area (Å²) in [4.78, 5) is 2.40. The molecule has 2 aliphatic rings. The van der Waals surface area contributed by atoms with Gasteiger partial charge in [0.25, 0.3) is 0 Å². The third-order valence-corrected chi connectivity index (χ3v) is 4.89. The van der Waals surface area contributed by atoms with Crippen molar-refractivity contribution in [1.29, 1.82) is 0 Å². The lowest BCUT2D eigenvalue weighted by Crippen LogP contribution is -2.67. The molecule has 4 nitrogen and oxygen atoms in total. The molecule has 3 rings (SSSR count). The Morgan fingerprint density at radius 2 is 1.92 bits per heavy atom. The molecular weight excluding hydrogens is 314 g/mol. The van der Waals surface area contributed by atoms with Gasteiger partial charge in [-0.15, -0.1) is 0 Å². The summed E-state index contributed by atoms with van der Waals surface area (Å²) in [7, 11) is 0. The van der Waals surface area contributed by atoms with Gasteiger partial charge in [-0.25, -0.2) is 0 Å². The lowest BCUT2D eigenvalue weighted by molar-refractivity contribution is -0.200. The highest BCUT2D eigenvalue weighted by Gasteiger charge is 2.40. The first-order valence-electron chi connectivity index (χ1n) is 8.62. The van der Waals surface area contributed by atoms with Crippen LogP contribution in [0.2, 0.25) is 0 Å². The topological polar surface area (TPSA) is 44.7 Å². The van der Waals surface area contributed by atoms with E-state index < -0.39 is 12.7 Å². The molecule has 1 aliphatic carbocycles. The van der Waals surface area contributed by atoms with E-state index in [-0.39, 0.29) is 11.3 Å². The number of ether oxygens (including phenoxy) is 1. The molecule has 0 radical (unpaired) electrons. The molecule has 134 valence electrons. The van der Waals surface area contributed by atoms with Crippen molar-refractivity contribution < 1.29 is 18.6 Å². The fourth-order valence-electron chi connectivity index (χ4n) is 3.94. The molecule has 1 saturated carbocycles. The fourth-order valence-corrected chi connectivity index (χ4v) is 3.94. The Morgan fingerprint density at radius 1 is 1.25 bits per heavy atom. The summed E-state index contributed by atoms with van der Waals surface area (Å²) in [6.45, 7) is 3.94. The van der Waals surface area contributed by atoms with Gasteiger partial charge in [0.15, 0.2) is 0 Å². The molecule has 0 bridgehead atoms. The van der Waals surface area contributed by atoms with Gasteiger partial charge in [0.1, 0.15) is 12.4 Å². The van der Waals surface area contributed by atoms with Gasteiger partial charge in [-0.1, -0.05) is 12.8 Å². The van der Waals surface area contributed by atoms with Crippen LogP contribution in [-0.2, 0) is 0 Å². The van der Waals surface area contributed by atoms with Crippen LogP contribution >= 0.6 is 0 Å². The number of benzene rings is 1. The average molecular weight is 340 g/mol. The van der Waals surface area contributed by atoms with Crippen molar-refractivity contribution in [3.63, 3.8) is 0 Å². The van der Waals surface area contributed by atoms with Gasteiger partial charge in [0.2, 0.25) is 0 Å². The Hall–Kier alpha value is -1.40. The number of nitrogens with zero attached hydrogens (tertiary/aromatic N) is 1.